The monoisotopic (exact) mass is 259 g/mol. The van der Waals surface area contributed by atoms with E-state index in [0.29, 0.717) is 11.4 Å². The molecule has 0 heterocycles. The fraction of sp³-hybridized carbons (Fsp3) is 0.0714. The van der Waals surface area contributed by atoms with Crippen molar-refractivity contribution in [3.8, 4) is 0 Å². The Labute approximate surface area is 109 Å². The highest BCUT2D eigenvalue weighted by molar-refractivity contribution is 7.98. The van der Waals surface area contributed by atoms with Crippen molar-refractivity contribution < 1.29 is 9.18 Å². The lowest BCUT2D eigenvalue weighted by Gasteiger charge is -2.04. The van der Waals surface area contributed by atoms with Gasteiger partial charge in [-0.25, -0.2) is 9.18 Å². The Morgan fingerprint density at radius 2 is 1.83 bits per heavy atom. The zero-order valence-corrected chi connectivity index (χ0v) is 10.3. The molecule has 0 radical (unpaired) electrons. The summed E-state index contributed by atoms with van der Waals surface area (Å²) in [6, 6.07) is 13.7. The summed E-state index contributed by atoms with van der Waals surface area (Å²) in [4.78, 5) is 14.8. The van der Waals surface area contributed by atoms with Crippen LogP contribution in [-0.4, -0.2) is 6.08 Å². The SMILES string of the molecule is O=C=Nc1ccccc1SCc1ccc(F)cc1. The smallest absolute Gasteiger partial charge is 0.211 e. The molecule has 2 rings (SSSR count). The van der Waals surface area contributed by atoms with Crippen LogP contribution in [-0.2, 0) is 10.5 Å². The Balaban J connectivity index is 2.10. The van der Waals surface area contributed by atoms with Gasteiger partial charge in [0.15, 0.2) is 0 Å². The molecule has 0 aliphatic rings. The van der Waals surface area contributed by atoms with Crippen molar-refractivity contribution in [3.63, 3.8) is 0 Å². The molecule has 2 aromatic carbocycles. The van der Waals surface area contributed by atoms with Crippen LogP contribution in [0.15, 0.2) is 58.4 Å². The number of hydrogen-bond acceptors (Lipinski definition) is 3. The van der Waals surface area contributed by atoms with E-state index in [4.69, 9.17) is 0 Å². The number of rotatable bonds is 4. The summed E-state index contributed by atoms with van der Waals surface area (Å²) >= 11 is 1.55. The molecule has 4 heteroatoms. The van der Waals surface area contributed by atoms with Crippen LogP contribution in [0.5, 0.6) is 0 Å². The molecule has 0 atom stereocenters. The lowest BCUT2D eigenvalue weighted by Crippen LogP contribution is -1.82. The fourth-order valence-electron chi connectivity index (χ4n) is 1.46. The number of para-hydroxylation sites is 1. The summed E-state index contributed by atoms with van der Waals surface area (Å²) < 4.78 is 12.7. The second kappa shape index (κ2) is 6.15. The summed E-state index contributed by atoms with van der Waals surface area (Å²) in [7, 11) is 0. The first-order valence-electron chi connectivity index (χ1n) is 5.34. The van der Waals surface area contributed by atoms with Gasteiger partial charge in [-0.3, -0.25) is 0 Å². The van der Waals surface area contributed by atoms with E-state index in [-0.39, 0.29) is 5.82 Å². The number of hydrogen-bond donors (Lipinski definition) is 0. The standard InChI is InChI=1S/C14H10FNOS/c15-12-7-5-11(6-8-12)9-18-14-4-2-1-3-13(14)16-10-17/h1-8H,9H2. The van der Waals surface area contributed by atoms with Crippen molar-refractivity contribution in [3.05, 3.63) is 59.9 Å². The van der Waals surface area contributed by atoms with Crippen LogP contribution in [0.3, 0.4) is 0 Å². The van der Waals surface area contributed by atoms with E-state index in [1.807, 2.05) is 18.2 Å². The van der Waals surface area contributed by atoms with Gasteiger partial charge in [-0.1, -0.05) is 24.3 Å². The van der Waals surface area contributed by atoms with Gasteiger partial charge in [-0.05, 0) is 29.8 Å². The normalized spacial score (nSPS) is 9.83. The van der Waals surface area contributed by atoms with E-state index in [1.165, 1.54) is 12.1 Å². The lowest BCUT2D eigenvalue weighted by molar-refractivity contribution is 0.565. The molecule has 0 bridgehead atoms. The minimum Gasteiger partial charge on any atom is -0.211 e. The highest BCUT2D eigenvalue weighted by atomic mass is 32.2. The van der Waals surface area contributed by atoms with Crippen LogP contribution in [0.25, 0.3) is 0 Å². The molecule has 0 N–H and O–H groups in total. The molecule has 18 heavy (non-hydrogen) atoms. The second-order valence-corrected chi connectivity index (χ2v) is 4.60. The lowest BCUT2D eigenvalue weighted by atomic mass is 10.2. The summed E-state index contributed by atoms with van der Waals surface area (Å²) in [6.07, 6.45) is 1.54. The third-order valence-corrected chi connectivity index (χ3v) is 3.47. The molecule has 0 fully saturated rings. The molecular formula is C14H10FNOS. The minimum absolute atomic E-state index is 0.241. The molecule has 0 amide bonds. The van der Waals surface area contributed by atoms with E-state index in [0.717, 1.165) is 10.5 Å². The Morgan fingerprint density at radius 3 is 2.56 bits per heavy atom. The van der Waals surface area contributed by atoms with Crippen molar-refractivity contribution in [1.29, 1.82) is 0 Å². The molecule has 0 aliphatic carbocycles. The van der Waals surface area contributed by atoms with Gasteiger partial charge in [0, 0.05) is 10.6 Å². The van der Waals surface area contributed by atoms with Crippen molar-refractivity contribution in [1.82, 2.24) is 0 Å². The maximum Gasteiger partial charge on any atom is 0.240 e. The largest absolute Gasteiger partial charge is 0.240 e. The van der Waals surface area contributed by atoms with Crippen molar-refractivity contribution in [2.24, 2.45) is 4.99 Å². The number of benzene rings is 2. The number of carbonyl (C=O) groups excluding carboxylic acids is 1. The van der Waals surface area contributed by atoms with Gasteiger partial charge in [0.05, 0.1) is 5.69 Å². The predicted octanol–water partition coefficient (Wildman–Crippen LogP) is 4.09. The molecule has 0 saturated heterocycles. The number of thioether (sulfide) groups is 1. The third kappa shape index (κ3) is 3.29. The Hall–Kier alpha value is -1.90. The Bertz CT molecular complexity index is 577. The minimum atomic E-state index is -0.241. The molecular weight excluding hydrogens is 249 g/mol. The van der Waals surface area contributed by atoms with Gasteiger partial charge in [0.25, 0.3) is 0 Å². The molecule has 2 aromatic rings. The Morgan fingerprint density at radius 1 is 1.11 bits per heavy atom. The van der Waals surface area contributed by atoms with E-state index in [2.05, 4.69) is 4.99 Å². The molecule has 90 valence electrons. The van der Waals surface area contributed by atoms with E-state index in [9.17, 15) is 9.18 Å². The second-order valence-electron chi connectivity index (χ2n) is 3.59. The first-order valence-corrected chi connectivity index (χ1v) is 6.32. The van der Waals surface area contributed by atoms with Gasteiger partial charge in [-0.2, -0.15) is 4.99 Å². The van der Waals surface area contributed by atoms with Gasteiger partial charge in [0.1, 0.15) is 5.82 Å². The van der Waals surface area contributed by atoms with Gasteiger partial charge >= 0.3 is 0 Å². The molecule has 0 spiro atoms. The molecule has 2 nitrogen and oxygen atoms in total. The van der Waals surface area contributed by atoms with E-state index >= 15 is 0 Å². The Kier molecular flexibility index (Phi) is 4.29. The zero-order valence-electron chi connectivity index (χ0n) is 9.47. The van der Waals surface area contributed by atoms with Crippen LogP contribution >= 0.6 is 11.8 Å². The first kappa shape index (κ1) is 12.6. The third-order valence-electron chi connectivity index (χ3n) is 2.34. The van der Waals surface area contributed by atoms with Gasteiger partial charge in [0.2, 0.25) is 6.08 Å². The summed E-state index contributed by atoms with van der Waals surface area (Å²) in [5.41, 5.74) is 1.63. The van der Waals surface area contributed by atoms with E-state index < -0.39 is 0 Å². The number of halogens is 1. The average molecular weight is 259 g/mol. The van der Waals surface area contributed by atoms with Crippen LogP contribution in [0, 0.1) is 5.82 Å². The summed E-state index contributed by atoms with van der Waals surface area (Å²) in [5.74, 6) is 0.459. The van der Waals surface area contributed by atoms with Crippen molar-refractivity contribution in [2.45, 2.75) is 10.6 Å². The average Bonchev–Trinajstić information content (AvgIpc) is 2.40. The summed E-state index contributed by atoms with van der Waals surface area (Å²) in [6.45, 7) is 0. The quantitative estimate of drug-likeness (QED) is 0.470. The summed E-state index contributed by atoms with van der Waals surface area (Å²) in [5, 5.41) is 0. The van der Waals surface area contributed by atoms with Crippen LogP contribution in [0.1, 0.15) is 5.56 Å². The zero-order chi connectivity index (χ0) is 12.8. The first-order chi connectivity index (χ1) is 8.79. The maximum atomic E-state index is 12.7. The number of nitrogens with zero attached hydrogens (tertiary/aromatic N) is 1. The number of isocyanates is 1. The highest BCUT2D eigenvalue weighted by Crippen LogP contribution is 2.31. The van der Waals surface area contributed by atoms with Gasteiger partial charge < -0.3 is 0 Å². The molecule has 0 aromatic heterocycles. The molecule has 0 aliphatic heterocycles. The number of aliphatic imine (C=N–C) groups is 1. The topological polar surface area (TPSA) is 29.4 Å². The highest BCUT2D eigenvalue weighted by Gasteiger charge is 2.02. The fourth-order valence-corrected chi connectivity index (χ4v) is 2.41. The predicted molar refractivity (Wildman–Crippen MR) is 70.2 cm³/mol. The van der Waals surface area contributed by atoms with Crippen LogP contribution < -0.4 is 0 Å². The molecule has 0 unspecified atom stereocenters. The molecule has 0 saturated carbocycles. The van der Waals surface area contributed by atoms with Gasteiger partial charge in [-0.15, -0.1) is 11.8 Å². The van der Waals surface area contributed by atoms with E-state index in [1.54, 1.807) is 36.0 Å². The maximum absolute atomic E-state index is 12.7. The van der Waals surface area contributed by atoms with Crippen molar-refractivity contribution in [2.75, 3.05) is 0 Å². The van der Waals surface area contributed by atoms with Crippen LogP contribution in [0.4, 0.5) is 10.1 Å². The van der Waals surface area contributed by atoms with Crippen LogP contribution in [0.2, 0.25) is 0 Å². The van der Waals surface area contributed by atoms with Crippen molar-refractivity contribution >= 4 is 23.5 Å².